The van der Waals surface area contributed by atoms with Crippen molar-refractivity contribution in [2.45, 2.75) is 13.5 Å². The van der Waals surface area contributed by atoms with Gasteiger partial charge >= 0.3 is 5.97 Å². The van der Waals surface area contributed by atoms with Crippen molar-refractivity contribution in [1.29, 1.82) is 0 Å². The Labute approximate surface area is 102 Å². The number of aromatic nitrogens is 4. The van der Waals surface area contributed by atoms with Crippen molar-refractivity contribution in [2.24, 2.45) is 0 Å². The van der Waals surface area contributed by atoms with E-state index in [1.165, 1.54) is 4.68 Å². The number of carboxylic acids is 1. The Hall–Kier alpha value is -1.95. The summed E-state index contributed by atoms with van der Waals surface area (Å²) in [5.74, 6) is -0.877. The van der Waals surface area contributed by atoms with Gasteiger partial charge in [-0.3, -0.25) is 4.98 Å². The molecule has 0 aliphatic heterocycles. The monoisotopic (exact) mass is 252 g/mol. The molecular formula is C10H9ClN4O2. The molecule has 0 radical (unpaired) electrons. The first-order valence-electron chi connectivity index (χ1n) is 4.82. The van der Waals surface area contributed by atoms with Crippen LogP contribution in [0.4, 0.5) is 0 Å². The molecule has 0 aliphatic carbocycles. The summed E-state index contributed by atoms with van der Waals surface area (Å²) in [4.78, 5) is 18.6. The fourth-order valence-corrected chi connectivity index (χ4v) is 1.52. The summed E-state index contributed by atoms with van der Waals surface area (Å²) >= 11 is 5.96. The number of carboxylic acid groups (broad SMARTS) is 1. The van der Waals surface area contributed by atoms with Crippen molar-refractivity contribution in [3.8, 4) is 0 Å². The Balaban J connectivity index is 2.30. The minimum Gasteiger partial charge on any atom is -0.475 e. The van der Waals surface area contributed by atoms with Gasteiger partial charge < -0.3 is 5.11 Å². The normalized spacial score (nSPS) is 10.5. The van der Waals surface area contributed by atoms with Crippen molar-refractivity contribution in [2.75, 3.05) is 0 Å². The molecule has 0 amide bonds. The van der Waals surface area contributed by atoms with Crippen LogP contribution >= 0.6 is 11.6 Å². The Morgan fingerprint density at radius 2 is 2.35 bits per heavy atom. The SMILES string of the molecule is Cc1nc(C(=O)O)nn1Cc1ncccc1Cl. The minimum atomic E-state index is -1.15. The van der Waals surface area contributed by atoms with Gasteiger partial charge in [0.2, 0.25) is 0 Å². The molecule has 0 fully saturated rings. The summed E-state index contributed by atoms with van der Waals surface area (Å²) in [5, 5.41) is 13.1. The van der Waals surface area contributed by atoms with E-state index in [1.54, 1.807) is 25.3 Å². The molecule has 7 heteroatoms. The standard InChI is InChI=1S/C10H9ClN4O2/c1-6-13-9(10(16)17)14-15(6)5-8-7(11)3-2-4-12-8/h2-4H,5H2,1H3,(H,16,17). The van der Waals surface area contributed by atoms with Gasteiger partial charge in [-0.05, 0) is 19.1 Å². The predicted molar refractivity (Wildman–Crippen MR) is 60.1 cm³/mol. The topological polar surface area (TPSA) is 80.9 Å². The lowest BCUT2D eigenvalue weighted by atomic mass is 10.3. The summed E-state index contributed by atoms with van der Waals surface area (Å²) < 4.78 is 1.46. The lowest BCUT2D eigenvalue weighted by molar-refractivity contribution is 0.0683. The van der Waals surface area contributed by atoms with Crippen LogP contribution in [0.3, 0.4) is 0 Å². The first-order chi connectivity index (χ1) is 8.08. The molecule has 0 spiro atoms. The highest BCUT2D eigenvalue weighted by molar-refractivity contribution is 6.31. The molecule has 0 atom stereocenters. The number of nitrogens with zero attached hydrogens (tertiary/aromatic N) is 4. The molecule has 0 bridgehead atoms. The van der Waals surface area contributed by atoms with E-state index in [0.717, 1.165) is 0 Å². The maximum absolute atomic E-state index is 10.7. The van der Waals surface area contributed by atoms with Crippen LogP contribution in [0.1, 0.15) is 22.1 Å². The molecule has 88 valence electrons. The van der Waals surface area contributed by atoms with Crippen molar-refractivity contribution in [3.05, 3.63) is 40.7 Å². The van der Waals surface area contributed by atoms with Gasteiger partial charge in [0.25, 0.3) is 5.82 Å². The Morgan fingerprint density at radius 1 is 1.59 bits per heavy atom. The summed E-state index contributed by atoms with van der Waals surface area (Å²) in [7, 11) is 0. The van der Waals surface area contributed by atoms with Gasteiger partial charge in [-0.25, -0.2) is 14.5 Å². The predicted octanol–water partition coefficient (Wildman–Crippen LogP) is 1.38. The molecule has 2 rings (SSSR count). The lowest BCUT2D eigenvalue weighted by Crippen LogP contribution is -2.07. The van der Waals surface area contributed by atoms with Crippen LogP contribution in [0.2, 0.25) is 5.02 Å². The lowest BCUT2D eigenvalue weighted by Gasteiger charge is -2.03. The molecule has 0 unspecified atom stereocenters. The zero-order chi connectivity index (χ0) is 12.4. The van der Waals surface area contributed by atoms with Crippen LogP contribution in [0.5, 0.6) is 0 Å². The van der Waals surface area contributed by atoms with Gasteiger partial charge in [0.05, 0.1) is 17.3 Å². The van der Waals surface area contributed by atoms with Crippen LogP contribution in [0.15, 0.2) is 18.3 Å². The van der Waals surface area contributed by atoms with Crippen molar-refractivity contribution in [3.63, 3.8) is 0 Å². The molecule has 17 heavy (non-hydrogen) atoms. The molecule has 0 aliphatic rings. The number of rotatable bonds is 3. The quantitative estimate of drug-likeness (QED) is 0.893. The number of hydrogen-bond donors (Lipinski definition) is 1. The minimum absolute atomic E-state index is 0.227. The largest absolute Gasteiger partial charge is 0.475 e. The second kappa shape index (κ2) is 4.50. The van der Waals surface area contributed by atoms with Gasteiger partial charge in [0.15, 0.2) is 0 Å². The zero-order valence-electron chi connectivity index (χ0n) is 8.96. The average molecular weight is 253 g/mol. The Kier molecular flexibility index (Phi) is 3.06. The molecule has 1 N–H and O–H groups in total. The van der Waals surface area contributed by atoms with E-state index in [9.17, 15) is 4.79 Å². The van der Waals surface area contributed by atoms with Crippen LogP contribution in [0, 0.1) is 6.92 Å². The number of aromatic carboxylic acids is 1. The second-order valence-corrected chi connectivity index (χ2v) is 3.78. The molecule has 0 saturated heterocycles. The van der Waals surface area contributed by atoms with E-state index in [4.69, 9.17) is 16.7 Å². The molecule has 6 nitrogen and oxygen atoms in total. The van der Waals surface area contributed by atoms with Gasteiger partial charge in [0.1, 0.15) is 5.82 Å². The summed E-state index contributed by atoms with van der Waals surface area (Å²) in [6.07, 6.45) is 1.62. The van der Waals surface area contributed by atoms with Gasteiger partial charge in [-0.15, -0.1) is 5.10 Å². The maximum Gasteiger partial charge on any atom is 0.375 e. The molecular weight excluding hydrogens is 244 g/mol. The van der Waals surface area contributed by atoms with Gasteiger partial charge in [0, 0.05) is 6.20 Å². The number of carbonyl (C=O) groups is 1. The van der Waals surface area contributed by atoms with E-state index in [2.05, 4.69) is 15.1 Å². The number of pyridine rings is 1. The number of aryl methyl sites for hydroxylation is 1. The highest BCUT2D eigenvalue weighted by Gasteiger charge is 2.13. The van der Waals surface area contributed by atoms with Gasteiger partial charge in [-0.2, -0.15) is 0 Å². The highest BCUT2D eigenvalue weighted by Crippen LogP contribution is 2.13. The average Bonchev–Trinajstić information content (AvgIpc) is 2.64. The van der Waals surface area contributed by atoms with Crippen LogP contribution < -0.4 is 0 Å². The fraction of sp³-hybridized carbons (Fsp3) is 0.200. The van der Waals surface area contributed by atoms with Crippen LogP contribution in [-0.2, 0) is 6.54 Å². The zero-order valence-corrected chi connectivity index (χ0v) is 9.72. The van der Waals surface area contributed by atoms with Crippen LogP contribution in [0.25, 0.3) is 0 Å². The highest BCUT2D eigenvalue weighted by atomic mass is 35.5. The number of hydrogen-bond acceptors (Lipinski definition) is 4. The van der Waals surface area contributed by atoms with E-state index in [1.807, 2.05) is 0 Å². The molecule has 2 heterocycles. The summed E-state index contributed by atoms with van der Waals surface area (Å²) in [5.41, 5.74) is 0.624. The maximum atomic E-state index is 10.7. The van der Waals surface area contributed by atoms with E-state index in [-0.39, 0.29) is 5.82 Å². The molecule has 0 saturated carbocycles. The summed E-state index contributed by atoms with van der Waals surface area (Å²) in [6, 6.07) is 3.44. The third-order valence-electron chi connectivity index (χ3n) is 2.18. The van der Waals surface area contributed by atoms with Crippen molar-refractivity contribution < 1.29 is 9.90 Å². The van der Waals surface area contributed by atoms with Gasteiger partial charge in [-0.1, -0.05) is 11.6 Å². The van der Waals surface area contributed by atoms with E-state index in [0.29, 0.717) is 23.1 Å². The third kappa shape index (κ3) is 2.42. The fourth-order valence-electron chi connectivity index (χ4n) is 1.34. The van der Waals surface area contributed by atoms with Crippen molar-refractivity contribution in [1.82, 2.24) is 19.7 Å². The molecule has 0 aromatic carbocycles. The van der Waals surface area contributed by atoms with E-state index < -0.39 is 5.97 Å². The first kappa shape index (κ1) is 11.5. The van der Waals surface area contributed by atoms with Crippen LogP contribution in [-0.4, -0.2) is 30.8 Å². The van der Waals surface area contributed by atoms with Crippen molar-refractivity contribution >= 4 is 17.6 Å². The van der Waals surface area contributed by atoms with E-state index >= 15 is 0 Å². The molecule has 2 aromatic rings. The summed E-state index contributed by atoms with van der Waals surface area (Å²) in [6.45, 7) is 1.97. The Bertz CT molecular complexity index is 567. The molecule has 2 aromatic heterocycles. The first-order valence-corrected chi connectivity index (χ1v) is 5.20. The Morgan fingerprint density at radius 3 is 2.94 bits per heavy atom. The third-order valence-corrected chi connectivity index (χ3v) is 2.53. The smallest absolute Gasteiger partial charge is 0.375 e. The second-order valence-electron chi connectivity index (χ2n) is 3.38. The number of halogens is 1.